The summed E-state index contributed by atoms with van der Waals surface area (Å²) in [5.41, 5.74) is 1.58. The lowest BCUT2D eigenvalue weighted by molar-refractivity contribution is -0.140. The number of alkyl carbamates (subject to hydrolysis) is 1. The van der Waals surface area contributed by atoms with E-state index >= 15 is 0 Å². The summed E-state index contributed by atoms with van der Waals surface area (Å²) in [6, 6.07) is 8.08. The molecule has 0 aromatic heterocycles. The molecular formula is C28H38ClN3O5. The number of hydrogen-bond acceptors (Lipinski definition) is 5. The van der Waals surface area contributed by atoms with Crippen molar-refractivity contribution in [3.63, 3.8) is 0 Å². The number of phenolic OH excluding ortho intramolecular Hbond substituents is 1. The van der Waals surface area contributed by atoms with Crippen LogP contribution in [0.5, 0.6) is 5.75 Å². The van der Waals surface area contributed by atoms with Gasteiger partial charge in [-0.1, -0.05) is 43.1 Å². The third kappa shape index (κ3) is 8.39. The van der Waals surface area contributed by atoms with E-state index in [4.69, 9.17) is 16.3 Å². The molecular weight excluding hydrogens is 494 g/mol. The molecule has 0 fully saturated rings. The second-order valence-electron chi connectivity index (χ2n) is 10.1. The van der Waals surface area contributed by atoms with Crippen LogP contribution in [0.4, 0.5) is 10.5 Å². The van der Waals surface area contributed by atoms with Gasteiger partial charge in [-0.15, -0.1) is 0 Å². The maximum atomic E-state index is 13.8. The molecule has 202 valence electrons. The summed E-state index contributed by atoms with van der Waals surface area (Å²) in [6.07, 6.45) is 0.693. The van der Waals surface area contributed by atoms with E-state index in [9.17, 15) is 19.5 Å². The molecule has 0 spiro atoms. The quantitative estimate of drug-likeness (QED) is 0.374. The lowest BCUT2D eigenvalue weighted by atomic mass is 9.99. The minimum Gasteiger partial charge on any atom is -0.508 e. The van der Waals surface area contributed by atoms with Gasteiger partial charge in [0.05, 0.1) is 10.7 Å². The van der Waals surface area contributed by atoms with Crippen molar-refractivity contribution < 1.29 is 24.2 Å². The normalized spacial score (nSPS) is 12.9. The second kappa shape index (κ2) is 12.8. The van der Waals surface area contributed by atoms with Crippen LogP contribution in [0.15, 0.2) is 36.4 Å². The van der Waals surface area contributed by atoms with Crippen LogP contribution in [0.25, 0.3) is 0 Å². The lowest BCUT2D eigenvalue weighted by Gasteiger charge is -2.34. The number of benzene rings is 2. The molecule has 2 aromatic carbocycles. The lowest BCUT2D eigenvalue weighted by Crippen LogP contribution is -2.51. The summed E-state index contributed by atoms with van der Waals surface area (Å²) < 4.78 is 5.30. The average molecular weight is 532 g/mol. The fraction of sp³-hybridized carbons (Fsp3) is 0.464. The Balaban J connectivity index is 2.50. The molecule has 37 heavy (non-hydrogen) atoms. The average Bonchev–Trinajstić information content (AvgIpc) is 2.79. The Morgan fingerprint density at radius 2 is 1.78 bits per heavy atom. The molecule has 0 aliphatic rings. The number of amides is 3. The zero-order valence-corrected chi connectivity index (χ0v) is 23.4. The summed E-state index contributed by atoms with van der Waals surface area (Å²) in [4.78, 5) is 41.3. The Labute approximate surface area is 224 Å². The van der Waals surface area contributed by atoms with Gasteiger partial charge in [0.25, 0.3) is 5.91 Å². The van der Waals surface area contributed by atoms with Crippen molar-refractivity contribution in [3.8, 4) is 5.75 Å². The topological polar surface area (TPSA) is 108 Å². The van der Waals surface area contributed by atoms with Gasteiger partial charge in [-0.3, -0.25) is 9.59 Å². The Kier molecular flexibility index (Phi) is 10.4. The zero-order chi connectivity index (χ0) is 27.9. The molecule has 8 nitrogen and oxygen atoms in total. The summed E-state index contributed by atoms with van der Waals surface area (Å²) >= 11 is 6.37. The number of rotatable bonds is 9. The Hall–Kier alpha value is -3.26. The third-order valence-corrected chi connectivity index (χ3v) is 6.02. The van der Waals surface area contributed by atoms with Gasteiger partial charge in [0.2, 0.25) is 5.91 Å². The van der Waals surface area contributed by atoms with Crippen LogP contribution in [-0.4, -0.2) is 46.1 Å². The Morgan fingerprint density at radius 3 is 2.35 bits per heavy atom. The molecule has 2 unspecified atom stereocenters. The minimum absolute atomic E-state index is 0.0799. The SMILES string of the molecule is CCCCN(C(=O)C(C)NC(=O)OC(C)(C)C)C(C(=O)Nc1c(C)cccc1Cl)c1ccc(O)c(C)c1. The van der Waals surface area contributed by atoms with E-state index in [0.29, 0.717) is 28.3 Å². The van der Waals surface area contributed by atoms with Gasteiger partial charge in [0.15, 0.2) is 0 Å². The number of hydrogen-bond donors (Lipinski definition) is 3. The van der Waals surface area contributed by atoms with E-state index in [2.05, 4.69) is 10.6 Å². The highest BCUT2D eigenvalue weighted by Gasteiger charge is 2.35. The molecule has 0 radical (unpaired) electrons. The number of aryl methyl sites for hydroxylation is 2. The summed E-state index contributed by atoms with van der Waals surface area (Å²) in [5.74, 6) is -0.826. The predicted octanol–water partition coefficient (Wildman–Crippen LogP) is 5.88. The number of carbonyl (C=O) groups is 3. The van der Waals surface area contributed by atoms with Crippen molar-refractivity contribution >= 4 is 35.2 Å². The number of phenols is 1. The largest absolute Gasteiger partial charge is 0.508 e. The van der Waals surface area contributed by atoms with E-state index in [1.165, 1.54) is 11.0 Å². The highest BCUT2D eigenvalue weighted by Crippen LogP contribution is 2.31. The third-order valence-electron chi connectivity index (χ3n) is 5.71. The Bertz CT molecular complexity index is 1110. The highest BCUT2D eigenvalue weighted by molar-refractivity contribution is 6.34. The van der Waals surface area contributed by atoms with Crippen LogP contribution in [0, 0.1) is 13.8 Å². The van der Waals surface area contributed by atoms with Crippen LogP contribution < -0.4 is 10.6 Å². The first-order chi connectivity index (χ1) is 17.2. The number of nitrogens with zero attached hydrogens (tertiary/aromatic N) is 1. The number of anilines is 1. The number of carbonyl (C=O) groups excluding carboxylic acids is 3. The van der Waals surface area contributed by atoms with Crippen LogP contribution in [0.2, 0.25) is 5.02 Å². The van der Waals surface area contributed by atoms with Gasteiger partial charge in [-0.2, -0.15) is 0 Å². The number of halogens is 1. The van der Waals surface area contributed by atoms with Gasteiger partial charge in [-0.05, 0) is 82.9 Å². The standard InChI is InChI=1S/C28H38ClN3O5/c1-8-9-15-32(26(35)19(4)30-27(36)37-28(5,6)7)24(20-13-14-22(33)18(3)16-20)25(34)31-23-17(2)11-10-12-21(23)29/h10-14,16,19,24,33H,8-9,15H2,1-7H3,(H,30,36)(H,31,34). The van der Waals surface area contributed by atoms with Gasteiger partial charge in [0, 0.05) is 6.54 Å². The molecule has 9 heteroatoms. The van der Waals surface area contributed by atoms with Crippen LogP contribution >= 0.6 is 11.6 Å². The zero-order valence-electron chi connectivity index (χ0n) is 22.6. The fourth-order valence-corrected chi connectivity index (χ4v) is 4.06. The molecule has 3 N–H and O–H groups in total. The molecule has 2 aromatic rings. The van der Waals surface area contributed by atoms with Gasteiger partial charge in [-0.25, -0.2) is 4.79 Å². The van der Waals surface area contributed by atoms with Crippen molar-refractivity contribution in [1.29, 1.82) is 0 Å². The van der Waals surface area contributed by atoms with E-state index in [1.54, 1.807) is 58.9 Å². The van der Waals surface area contributed by atoms with E-state index in [-0.39, 0.29) is 12.3 Å². The fourth-order valence-electron chi connectivity index (χ4n) is 3.79. The smallest absolute Gasteiger partial charge is 0.408 e. The number of unbranched alkanes of at least 4 members (excludes halogenated alkanes) is 1. The first kappa shape index (κ1) is 30.0. The predicted molar refractivity (Wildman–Crippen MR) is 146 cm³/mol. The van der Waals surface area contributed by atoms with Crippen LogP contribution in [0.3, 0.4) is 0 Å². The number of aromatic hydroxyl groups is 1. The van der Waals surface area contributed by atoms with Gasteiger partial charge in [0.1, 0.15) is 23.4 Å². The molecule has 0 aliphatic carbocycles. The monoisotopic (exact) mass is 531 g/mol. The number of para-hydroxylation sites is 1. The number of ether oxygens (including phenoxy) is 1. The van der Waals surface area contributed by atoms with Gasteiger partial charge >= 0.3 is 6.09 Å². The van der Waals surface area contributed by atoms with Crippen molar-refractivity contribution in [2.45, 2.75) is 79.0 Å². The highest BCUT2D eigenvalue weighted by atomic mass is 35.5. The summed E-state index contributed by atoms with van der Waals surface area (Å²) in [6.45, 7) is 12.6. The molecule has 2 rings (SSSR count). The molecule has 2 atom stereocenters. The van der Waals surface area contributed by atoms with Crippen molar-refractivity contribution in [1.82, 2.24) is 10.2 Å². The molecule has 3 amide bonds. The maximum absolute atomic E-state index is 13.8. The summed E-state index contributed by atoms with van der Waals surface area (Å²) in [7, 11) is 0. The van der Waals surface area contributed by atoms with Crippen LogP contribution in [0.1, 0.15) is 70.2 Å². The van der Waals surface area contributed by atoms with Crippen molar-refractivity contribution in [2.24, 2.45) is 0 Å². The minimum atomic E-state index is -1.04. The first-order valence-electron chi connectivity index (χ1n) is 12.4. The van der Waals surface area contributed by atoms with Crippen LogP contribution in [-0.2, 0) is 14.3 Å². The van der Waals surface area contributed by atoms with Crippen molar-refractivity contribution in [3.05, 3.63) is 58.1 Å². The van der Waals surface area contributed by atoms with Gasteiger partial charge < -0.3 is 25.4 Å². The first-order valence-corrected chi connectivity index (χ1v) is 12.8. The molecule has 0 aliphatic heterocycles. The molecule has 0 saturated carbocycles. The second-order valence-corrected chi connectivity index (χ2v) is 10.5. The molecule has 0 saturated heterocycles. The van der Waals surface area contributed by atoms with E-state index in [0.717, 1.165) is 12.0 Å². The molecule has 0 bridgehead atoms. The summed E-state index contributed by atoms with van der Waals surface area (Å²) in [5, 5.41) is 15.9. The van der Waals surface area contributed by atoms with E-state index in [1.807, 2.05) is 19.9 Å². The van der Waals surface area contributed by atoms with Crippen molar-refractivity contribution in [2.75, 3.05) is 11.9 Å². The molecule has 0 heterocycles. The maximum Gasteiger partial charge on any atom is 0.408 e. The van der Waals surface area contributed by atoms with E-state index < -0.39 is 35.6 Å². The Morgan fingerprint density at radius 1 is 1.11 bits per heavy atom. The number of nitrogens with one attached hydrogen (secondary N) is 2.